The number of alkyl halides is 2. The van der Waals surface area contributed by atoms with E-state index in [0.717, 1.165) is 5.69 Å². The van der Waals surface area contributed by atoms with Crippen molar-refractivity contribution in [1.29, 1.82) is 5.26 Å². The Morgan fingerprint density at radius 2 is 2.42 bits per heavy atom. The molecule has 0 amide bonds. The summed E-state index contributed by atoms with van der Waals surface area (Å²) >= 11 is 0. The van der Waals surface area contributed by atoms with E-state index in [1.807, 2.05) is 6.07 Å². The number of aromatic nitrogens is 1. The van der Waals surface area contributed by atoms with Crippen molar-refractivity contribution in [2.45, 2.75) is 19.3 Å². The van der Waals surface area contributed by atoms with Crippen LogP contribution in [-0.2, 0) is 0 Å². The van der Waals surface area contributed by atoms with Gasteiger partial charge in [-0.15, -0.1) is 0 Å². The maximum absolute atomic E-state index is 13.7. The highest BCUT2D eigenvalue weighted by atomic mass is 19.3. The van der Waals surface area contributed by atoms with Gasteiger partial charge in [-0.1, -0.05) is 0 Å². The van der Waals surface area contributed by atoms with E-state index < -0.39 is 11.8 Å². The first-order valence-corrected chi connectivity index (χ1v) is 6.22. The Bertz CT molecular complexity index is 496. The normalized spacial score (nSPS) is 21.7. The monoisotopic (exact) mass is 266 g/mol. The molecule has 1 saturated heterocycles. The van der Waals surface area contributed by atoms with Gasteiger partial charge in [0.15, 0.2) is 0 Å². The summed E-state index contributed by atoms with van der Waals surface area (Å²) in [6.45, 7) is 2.28. The Balaban J connectivity index is 2.06. The summed E-state index contributed by atoms with van der Waals surface area (Å²) in [5, 5.41) is 14.6. The lowest BCUT2D eigenvalue weighted by Gasteiger charge is -2.32. The Hall–Kier alpha value is -1.74. The summed E-state index contributed by atoms with van der Waals surface area (Å²) in [4.78, 5) is 4.01. The number of hydrogen-bond acceptors (Lipinski definition) is 4. The standard InChI is InChI=1S/C13H16F2N4/c1-9-4-12(10(5-16)6-18-9)19-7-11-2-3-17-8-13(11,14)15/h4,6,11,17H,2-3,7-8H2,1H3,(H,18,19). The van der Waals surface area contributed by atoms with E-state index in [1.54, 1.807) is 13.0 Å². The third-order valence-corrected chi connectivity index (χ3v) is 3.33. The molecule has 19 heavy (non-hydrogen) atoms. The van der Waals surface area contributed by atoms with Gasteiger partial charge in [-0.05, 0) is 26.0 Å². The number of aryl methyl sites for hydroxylation is 1. The first-order chi connectivity index (χ1) is 9.03. The maximum atomic E-state index is 13.7. The second-order valence-electron chi connectivity index (χ2n) is 4.79. The van der Waals surface area contributed by atoms with Crippen LogP contribution in [0.15, 0.2) is 12.3 Å². The highest BCUT2D eigenvalue weighted by molar-refractivity contribution is 5.56. The number of nitrogens with one attached hydrogen (secondary N) is 2. The van der Waals surface area contributed by atoms with E-state index in [2.05, 4.69) is 15.6 Å². The summed E-state index contributed by atoms with van der Waals surface area (Å²) in [5.41, 5.74) is 1.70. The summed E-state index contributed by atoms with van der Waals surface area (Å²) in [6.07, 6.45) is 1.88. The fourth-order valence-corrected chi connectivity index (χ4v) is 2.17. The average molecular weight is 266 g/mol. The molecule has 1 aliphatic heterocycles. The molecule has 2 N–H and O–H groups in total. The summed E-state index contributed by atoms with van der Waals surface area (Å²) in [5.74, 6) is -3.42. The van der Waals surface area contributed by atoms with Gasteiger partial charge >= 0.3 is 0 Å². The number of nitriles is 1. The molecular formula is C13H16F2N4. The SMILES string of the molecule is Cc1cc(NCC2CCNCC2(F)F)c(C#N)cn1. The van der Waals surface area contributed by atoms with E-state index >= 15 is 0 Å². The van der Waals surface area contributed by atoms with Crippen molar-refractivity contribution in [3.05, 3.63) is 23.5 Å². The number of piperidine rings is 1. The molecule has 2 heterocycles. The first-order valence-electron chi connectivity index (χ1n) is 6.22. The summed E-state index contributed by atoms with van der Waals surface area (Å²) in [7, 11) is 0. The van der Waals surface area contributed by atoms with Crippen molar-refractivity contribution in [3.63, 3.8) is 0 Å². The van der Waals surface area contributed by atoms with Crippen LogP contribution in [0.3, 0.4) is 0 Å². The largest absolute Gasteiger partial charge is 0.383 e. The molecule has 0 bridgehead atoms. The van der Waals surface area contributed by atoms with Gasteiger partial charge in [0, 0.05) is 24.4 Å². The van der Waals surface area contributed by atoms with Crippen molar-refractivity contribution in [2.75, 3.05) is 25.0 Å². The Morgan fingerprint density at radius 3 is 3.11 bits per heavy atom. The molecule has 0 spiro atoms. The number of anilines is 1. The van der Waals surface area contributed by atoms with Crippen molar-refractivity contribution >= 4 is 5.69 Å². The predicted octanol–water partition coefficient (Wildman–Crippen LogP) is 1.92. The summed E-state index contributed by atoms with van der Waals surface area (Å²) in [6, 6.07) is 3.71. The number of nitrogens with zero attached hydrogens (tertiary/aromatic N) is 2. The van der Waals surface area contributed by atoms with Crippen molar-refractivity contribution < 1.29 is 8.78 Å². The highest BCUT2D eigenvalue weighted by Gasteiger charge is 2.41. The minimum atomic E-state index is -2.71. The number of pyridine rings is 1. The fourth-order valence-electron chi connectivity index (χ4n) is 2.17. The minimum absolute atomic E-state index is 0.160. The van der Waals surface area contributed by atoms with Crippen LogP contribution in [0, 0.1) is 24.2 Å². The molecule has 1 aromatic rings. The topological polar surface area (TPSA) is 60.7 Å². The van der Waals surface area contributed by atoms with Crippen LogP contribution < -0.4 is 10.6 Å². The number of halogens is 2. The maximum Gasteiger partial charge on any atom is 0.264 e. The second-order valence-corrected chi connectivity index (χ2v) is 4.79. The van der Waals surface area contributed by atoms with Gasteiger partial charge in [-0.2, -0.15) is 5.26 Å². The van der Waals surface area contributed by atoms with Gasteiger partial charge in [-0.3, -0.25) is 4.98 Å². The van der Waals surface area contributed by atoms with Crippen LogP contribution in [0.5, 0.6) is 0 Å². The Morgan fingerprint density at radius 1 is 1.63 bits per heavy atom. The van der Waals surface area contributed by atoms with Crippen LogP contribution in [-0.4, -0.2) is 30.5 Å². The van der Waals surface area contributed by atoms with Gasteiger partial charge in [0.2, 0.25) is 0 Å². The molecule has 0 aliphatic carbocycles. The number of hydrogen-bond donors (Lipinski definition) is 2. The van der Waals surface area contributed by atoms with Gasteiger partial charge in [0.05, 0.1) is 17.8 Å². The van der Waals surface area contributed by atoms with E-state index in [-0.39, 0.29) is 13.1 Å². The van der Waals surface area contributed by atoms with Gasteiger partial charge in [0.25, 0.3) is 5.92 Å². The van der Waals surface area contributed by atoms with E-state index in [1.165, 1.54) is 6.20 Å². The molecule has 1 aromatic heterocycles. The molecular weight excluding hydrogens is 250 g/mol. The van der Waals surface area contributed by atoms with Crippen LogP contribution in [0.25, 0.3) is 0 Å². The molecule has 0 aromatic carbocycles. The van der Waals surface area contributed by atoms with Crippen LogP contribution >= 0.6 is 0 Å². The molecule has 1 unspecified atom stereocenters. The van der Waals surface area contributed by atoms with Crippen LogP contribution in [0.4, 0.5) is 14.5 Å². The zero-order valence-electron chi connectivity index (χ0n) is 10.7. The predicted molar refractivity (Wildman–Crippen MR) is 68.1 cm³/mol. The fraction of sp³-hybridized carbons (Fsp3) is 0.538. The van der Waals surface area contributed by atoms with E-state index in [0.29, 0.717) is 24.2 Å². The molecule has 4 nitrogen and oxygen atoms in total. The quantitative estimate of drug-likeness (QED) is 0.877. The molecule has 1 aliphatic rings. The lowest BCUT2D eigenvalue weighted by Crippen LogP contribution is -2.48. The lowest BCUT2D eigenvalue weighted by molar-refractivity contribution is -0.0678. The van der Waals surface area contributed by atoms with Crippen molar-refractivity contribution in [3.8, 4) is 6.07 Å². The second kappa shape index (κ2) is 5.49. The molecule has 2 rings (SSSR count). The summed E-state index contributed by atoms with van der Waals surface area (Å²) < 4.78 is 27.3. The smallest absolute Gasteiger partial charge is 0.264 e. The first kappa shape index (κ1) is 13.7. The van der Waals surface area contributed by atoms with Crippen LogP contribution in [0.1, 0.15) is 17.7 Å². The third kappa shape index (κ3) is 3.18. The zero-order valence-corrected chi connectivity index (χ0v) is 10.7. The highest BCUT2D eigenvalue weighted by Crippen LogP contribution is 2.30. The van der Waals surface area contributed by atoms with E-state index in [4.69, 9.17) is 5.26 Å². The Labute approximate surface area is 110 Å². The molecule has 102 valence electrons. The molecule has 0 radical (unpaired) electrons. The van der Waals surface area contributed by atoms with Gasteiger partial charge in [0.1, 0.15) is 6.07 Å². The Kier molecular flexibility index (Phi) is 3.96. The van der Waals surface area contributed by atoms with E-state index in [9.17, 15) is 8.78 Å². The molecule has 6 heteroatoms. The van der Waals surface area contributed by atoms with Crippen LogP contribution in [0.2, 0.25) is 0 Å². The average Bonchev–Trinajstić information content (AvgIpc) is 2.37. The molecule has 1 fully saturated rings. The minimum Gasteiger partial charge on any atom is -0.383 e. The van der Waals surface area contributed by atoms with Crippen molar-refractivity contribution in [1.82, 2.24) is 10.3 Å². The lowest BCUT2D eigenvalue weighted by atomic mass is 9.94. The van der Waals surface area contributed by atoms with Gasteiger partial charge < -0.3 is 10.6 Å². The van der Waals surface area contributed by atoms with Gasteiger partial charge in [-0.25, -0.2) is 8.78 Å². The third-order valence-electron chi connectivity index (χ3n) is 3.33. The van der Waals surface area contributed by atoms with Crippen molar-refractivity contribution in [2.24, 2.45) is 5.92 Å². The molecule has 1 atom stereocenters. The zero-order chi connectivity index (χ0) is 13.9. The molecule has 0 saturated carbocycles. The number of rotatable bonds is 3.